The van der Waals surface area contributed by atoms with E-state index < -0.39 is 10.0 Å². The predicted molar refractivity (Wildman–Crippen MR) is 70.5 cm³/mol. The maximum atomic E-state index is 11.1. The lowest BCUT2D eigenvalue weighted by Gasteiger charge is -2.23. The molecule has 0 saturated carbocycles. The van der Waals surface area contributed by atoms with Crippen LogP contribution in [0.4, 0.5) is 0 Å². The molecular weight excluding hydrogens is 250 g/mol. The highest BCUT2D eigenvalue weighted by atomic mass is 32.2. The van der Waals surface area contributed by atoms with Gasteiger partial charge in [-0.3, -0.25) is 0 Å². The van der Waals surface area contributed by atoms with Crippen molar-refractivity contribution in [2.24, 2.45) is 5.14 Å². The van der Waals surface area contributed by atoms with Crippen molar-refractivity contribution >= 4 is 10.0 Å². The van der Waals surface area contributed by atoms with Crippen LogP contribution in [0.15, 0.2) is 29.2 Å². The zero-order chi connectivity index (χ0) is 13.0. The van der Waals surface area contributed by atoms with E-state index in [-0.39, 0.29) is 4.90 Å². The number of hydrogen-bond acceptors (Lipinski definition) is 4. The highest BCUT2D eigenvalue weighted by Gasteiger charge is 2.12. The predicted octanol–water partition coefficient (Wildman–Crippen LogP) is 0.176. The standard InChI is InChI=1S/C12H19N3O2S/c13-18(16,17)12-5-3-10(4-6-12)8-15-11-2-1-7-14-9-11/h3-6,11,14-15H,1-2,7-9H2,(H2,13,16,17). The zero-order valence-corrected chi connectivity index (χ0v) is 11.0. The topological polar surface area (TPSA) is 84.2 Å². The Morgan fingerprint density at radius 1 is 1.33 bits per heavy atom. The van der Waals surface area contributed by atoms with Gasteiger partial charge in [0.2, 0.25) is 10.0 Å². The number of nitrogens with two attached hydrogens (primary N) is 1. The van der Waals surface area contributed by atoms with Gasteiger partial charge in [0, 0.05) is 19.1 Å². The Labute approximate surface area is 108 Å². The molecule has 0 amide bonds. The lowest BCUT2D eigenvalue weighted by molar-refractivity contribution is 0.389. The fourth-order valence-electron chi connectivity index (χ4n) is 2.09. The summed E-state index contributed by atoms with van der Waals surface area (Å²) >= 11 is 0. The Hall–Kier alpha value is -0.950. The summed E-state index contributed by atoms with van der Waals surface area (Å²) in [7, 11) is -3.59. The minimum atomic E-state index is -3.59. The Morgan fingerprint density at radius 2 is 2.06 bits per heavy atom. The third-order valence-corrected chi connectivity index (χ3v) is 4.07. The first kappa shape index (κ1) is 13.5. The van der Waals surface area contributed by atoms with E-state index in [9.17, 15) is 8.42 Å². The first-order valence-electron chi connectivity index (χ1n) is 6.11. The largest absolute Gasteiger partial charge is 0.315 e. The number of benzene rings is 1. The molecule has 6 heteroatoms. The molecule has 18 heavy (non-hydrogen) atoms. The van der Waals surface area contributed by atoms with Gasteiger partial charge < -0.3 is 10.6 Å². The van der Waals surface area contributed by atoms with Crippen LogP contribution in [0.3, 0.4) is 0 Å². The molecule has 100 valence electrons. The molecule has 1 unspecified atom stereocenters. The van der Waals surface area contributed by atoms with E-state index in [4.69, 9.17) is 5.14 Å². The van der Waals surface area contributed by atoms with Crippen molar-refractivity contribution in [1.82, 2.24) is 10.6 Å². The van der Waals surface area contributed by atoms with Crippen molar-refractivity contribution in [2.45, 2.75) is 30.3 Å². The molecule has 1 heterocycles. The smallest absolute Gasteiger partial charge is 0.238 e. The van der Waals surface area contributed by atoms with Crippen LogP contribution in [0.25, 0.3) is 0 Å². The third-order valence-electron chi connectivity index (χ3n) is 3.14. The molecule has 0 spiro atoms. The van der Waals surface area contributed by atoms with Gasteiger partial charge >= 0.3 is 0 Å². The van der Waals surface area contributed by atoms with Crippen molar-refractivity contribution in [3.63, 3.8) is 0 Å². The molecule has 2 rings (SSSR count). The SMILES string of the molecule is NS(=O)(=O)c1ccc(CNC2CCCNC2)cc1. The van der Waals surface area contributed by atoms with E-state index in [0.717, 1.165) is 25.2 Å². The monoisotopic (exact) mass is 269 g/mol. The van der Waals surface area contributed by atoms with Gasteiger partial charge in [0.1, 0.15) is 0 Å². The summed E-state index contributed by atoms with van der Waals surface area (Å²) in [6.07, 6.45) is 2.38. The average molecular weight is 269 g/mol. The molecular formula is C12H19N3O2S. The van der Waals surface area contributed by atoms with Gasteiger partial charge in [0.25, 0.3) is 0 Å². The van der Waals surface area contributed by atoms with Crippen LogP contribution < -0.4 is 15.8 Å². The van der Waals surface area contributed by atoms with Crippen LogP contribution in [0.2, 0.25) is 0 Å². The summed E-state index contributed by atoms with van der Waals surface area (Å²) in [4.78, 5) is 0.158. The second-order valence-corrected chi connectivity index (χ2v) is 6.17. The van der Waals surface area contributed by atoms with Gasteiger partial charge in [-0.25, -0.2) is 13.6 Å². The Morgan fingerprint density at radius 3 is 2.61 bits per heavy atom. The number of piperidine rings is 1. The molecule has 0 aliphatic carbocycles. The fourth-order valence-corrected chi connectivity index (χ4v) is 2.60. The summed E-state index contributed by atoms with van der Waals surface area (Å²) in [5.74, 6) is 0. The van der Waals surface area contributed by atoms with Crippen LogP contribution in [0.1, 0.15) is 18.4 Å². The summed E-state index contributed by atoms with van der Waals surface area (Å²) < 4.78 is 22.2. The molecule has 0 aromatic heterocycles. The van der Waals surface area contributed by atoms with E-state index in [0.29, 0.717) is 6.04 Å². The lowest BCUT2D eigenvalue weighted by Crippen LogP contribution is -2.42. The zero-order valence-electron chi connectivity index (χ0n) is 10.2. The second kappa shape index (κ2) is 5.79. The Bertz CT molecular complexity index is 479. The summed E-state index contributed by atoms with van der Waals surface area (Å²) in [6.45, 7) is 2.84. The quantitative estimate of drug-likeness (QED) is 0.728. The van der Waals surface area contributed by atoms with Crippen LogP contribution in [-0.2, 0) is 16.6 Å². The van der Waals surface area contributed by atoms with Gasteiger partial charge in [-0.15, -0.1) is 0 Å². The van der Waals surface area contributed by atoms with Gasteiger partial charge in [-0.2, -0.15) is 0 Å². The van der Waals surface area contributed by atoms with Crippen molar-refractivity contribution in [3.05, 3.63) is 29.8 Å². The maximum Gasteiger partial charge on any atom is 0.238 e. The highest BCUT2D eigenvalue weighted by Crippen LogP contribution is 2.09. The van der Waals surface area contributed by atoms with Crippen molar-refractivity contribution in [2.75, 3.05) is 13.1 Å². The van der Waals surface area contributed by atoms with Crippen molar-refractivity contribution in [3.8, 4) is 0 Å². The molecule has 1 atom stereocenters. The molecule has 0 radical (unpaired) electrons. The molecule has 1 fully saturated rings. The van der Waals surface area contributed by atoms with Crippen LogP contribution in [0, 0.1) is 0 Å². The maximum absolute atomic E-state index is 11.1. The molecule has 4 N–H and O–H groups in total. The Balaban J connectivity index is 1.90. The normalized spacial score (nSPS) is 20.8. The number of nitrogens with one attached hydrogen (secondary N) is 2. The summed E-state index contributed by atoms with van der Waals surface area (Å²) in [5, 5.41) is 11.8. The molecule has 1 aliphatic rings. The minimum Gasteiger partial charge on any atom is -0.315 e. The fraction of sp³-hybridized carbons (Fsp3) is 0.500. The number of primary sulfonamides is 1. The van der Waals surface area contributed by atoms with E-state index in [1.807, 2.05) is 0 Å². The third kappa shape index (κ3) is 3.78. The molecule has 1 aliphatic heterocycles. The molecule has 1 aromatic rings. The van der Waals surface area contributed by atoms with E-state index in [1.54, 1.807) is 24.3 Å². The van der Waals surface area contributed by atoms with Gasteiger partial charge in [0.15, 0.2) is 0 Å². The Kier molecular flexibility index (Phi) is 4.34. The second-order valence-electron chi connectivity index (χ2n) is 4.61. The van der Waals surface area contributed by atoms with E-state index in [2.05, 4.69) is 10.6 Å². The average Bonchev–Trinajstić information content (AvgIpc) is 2.37. The van der Waals surface area contributed by atoms with Gasteiger partial charge in [-0.05, 0) is 37.1 Å². The van der Waals surface area contributed by atoms with Gasteiger partial charge in [-0.1, -0.05) is 12.1 Å². The molecule has 5 nitrogen and oxygen atoms in total. The van der Waals surface area contributed by atoms with Crippen LogP contribution >= 0.6 is 0 Å². The highest BCUT2D eigenvalue weighted by molar-refractivity contribution is 7.89. The van der Waals surface area contributed by atoms with Crippen molar-refractivity contribution < 1.29 is 8.42 Å². The first-order chi connectivity index (χ1) is 8.55. The minimum absolute atomic E-state index is 0.158. The molecule has 0 bridgehead atoms. The number of sulfonamides is 1. The first-order valence-corrected chi connectivity index (χ1v) is 7.66. The number of rotatable bonds is 4. The summed E-state index contributed by atoms with van der Waals surface area (Å²) in [5.41, 5.74) is 1.06. The van der Waals surface area contributed by atoms with Gasteiger partial charge in [0.05, 0.1) is 4.90 Å². The van der Waals surface area contributed by atoms with E-state index >= 15 is 0 Å². The molecule has 1 saturated heterocycles. The lowest BCUT2D eigenvalue weighted by atomic mass is 10.1. The van der Waals surface area contributed by atoms with Crippen LogP contribution in [0.5, 0.6) is 0 Å². The summed E-state index contributed by atoms with van der Waals surface area (Å²) in [6, 6.07) is 7.18. The molecule has 1 aromatic carbocycles. The van der Waals surface area contributed by atoms with Crippen LogP contribution in [-0.4, -0.2) is 27.5 Å². The number of hydrogen-bond donors (Lipinski definition) is 3. The van der Waals surface area contributed by atoms with Crippen molar-refractivity contribution in [1.29, 1.82) is 0 Å². The van der Waals surface area contributed by atoms with E-state index in [1.165, 1.54) is 12.8 Å².